The van der Waals surface area contributed by atoms with Gasteiger partial charge in [0.2, 0.25) is 0 Å². The maximum atomic E-state index is 12.3. The average molecular weight is 284 g/mol. The topological polar surface area (TPSA) is 69.6 Å². The number of amides is 2. The molecule has 1 fully saturated rings. The highest BCUT2D eigenvalue weighted by Crippen LogP contribution is 2.26. The molecule has 20 heavy (non-hydrogen) atoms. The third kappa shape index (κ3) is 3.64. The van der Waals surface area contributed by atoms with Crippen molar-refractivity contribution < 1.29 is 14.7 Å². The lowest BCUT2D eigenvalue weighted by atomic mass is 9.82. The molecule has 0 aromatic heterocycles. The summed E-state index contributed by atoms with van der Waals surface area (Å²) in [7, 11) is 0. The summed E-state index contributed by atoms with van der Waals surface area (Å²) in [5.74, 6) is -0.318. The van der Waals surface area contributed by atoms with Crippen molar-refractivity contribution in [1.82, 2.24) is 10.2 Å². The summed E-state index contributed by atoms with van der Waals surface area (Å²) >= 11 is 0. The normalized spacial score (nSPS) is 23.5. The minimum absolute atomic E-state index is 0.128. The zero-order valence-electron chi connectivity index (χ0n) is 13.1. The Labute approximate surface area is 121 Å². The molecule has 1 saturated heterocycles. The van der Waals surface area contributed by atoms with Crippen LogP contribution < -0.4 is 5.32 Å². The van der Waals surface area contributed by atoms with Crippen LogP contribution in [0.4, 0.5) is 4.79 Å². The molecule has 2 N–H and O–H groups in total. The largest absolute Gasteiger partial charge is 0.481 e. The molecule has 1 rings (SSSR count). The standard InChI is InChI=1S/C15H28N2O3/c1-5-15(6-2,13(18)19)10-16-14(20)17-9-11(3)7-8-12(17)4/h11-12H,5-10H2,1-4H3,(H,16,20)(H,18,19). The fraction of sp³-hybridized carbons (Fsp3) is 0.867. The smallest absolute Gasteiger partial charge is 0.317 e. The number of carboxylic acid groups (broad SMARTS) is 1. The predicted octanol–water partition coefficient (Wildman–Crippen LogP) is 2.71. The Morgan fingerprint density at radius 1 is 1.25 bits per heavy atom. The lowest BCUT2D eigenvalue weighted by Gasteiger charge is -2.37. The fourth-order valence-electron chi connectivity index (χ4n) is 2.80. The number of nitrogens with one attached hydrogen (secondary N) is 1. The van der Waals surface area contributed by atoms with Gasteiger partial charge in [0.1, 0.15) is 0 Å². The highest BCUT2D eigenvalue weighted by atomic mass is 16.4. The van der Waals surface area contributed by atoms with Gasteiger partial charge >= 0.3 is 12.0 Å². The van der Waals surface area contributed by atoms with E-state index in [2.05, 4.69) is 19.2 Å². The van der Waals surface area contributed by atoms with Crippen LogP contribution in [-0.2, 0) is 4.79 Å². The first-order valence-corrected chi connectivity index (χ1v) is 7.64. The number of piperidine rings is 1. The van der Waals surface area contributed by atoms with Crippen molar-refractivity contribution >= 4 is 12.0 Å². The van der Waals surface area contributed by atoms with Crippen LogP contribution in [0, 0.1) is 11.3 Å². The number of nitrogens with zero attached hydrogens (tertiary/aromatic N) is 1. The van der Waals surface area contributed by atoms with Crippen molar-refractivity contribution in [2.75, 3.05) is 13.1 Å². The van der Waals surface area contributed by atoms with E-state index in [-0.39, 0.29) is 18.6 Å². The summed E-state index contributed by atoms with van der Waals surface area (Å²) in [6.07, 6.45) is 3.20. The summed E-state index contributed by atoms with van der Waals surface area (Å²) in [4.78, 5) is 25.5. The van der Waals surface area contributed by atoms with Gasteiger partial charge in [-0.25, -0.2) is 4.79 Å². The van der Waals surface area contributed by atoms with Gasteiger partial charge in [-0.3, -0.25) is 4.79 Å². The number of hydrogen-bond acceptors (Lipinski definition) is 2. The van der Waals surface area contributed by atoms with Crippen molar-refractivity contribution in [1.29, 1.82) is 0 Å². The van der Waals surface area contributed by atoms with E-state index in [0.717, 1.165) is 19.4 Å². The van der Waals surface area contributed by atoms with Crippen LogP contribution in [0.15, 0.2) is 0 Å². The maximum absolute atomic E-state index is 12.3. The Bertz CT molecular complexity index is 353. The van der Waals surface area contributed by atoms with Gasteiger partial charge in [0.25, 0.3) is 0 Å². The third-order valence-corrected chi connectivity index (χ3v) is 4.76. The van der Waals surface area contributed by atoms with Gasteiger partial charge in [0, 0.05) is 19.1 Å². The van der Waals surface area contributed by atoms with Crippen LogP contribution in [0.5, 0.6) is 0 Å². The number of likely N-dealkylation sites (tertiary alicyclic amines) is 1. The molecule has 1 aliphatic rings. The first-order chi connectivity index (χ1) is 9.36. The number of carboxylic acids is 1. The van der Waals surface area contributed by atoms with E-state index in [1.807, 2.05) is 18.7 Å². The second kappa shape index (κ2) is 6.95. The Hall–Kier alpha value is -1.26. The number of rotatable bonds is 5. The predicted molar refractivity (Wildman–Crippen MR) is 78.6 cm³/mol. The Morgan fingerprint density at radius 3 is 2.35 bits per heavy atom. The molecule has 0 aromatic carbocycles. The van der Waals surface area contributed by atoms with Crippen LogP contribution >= 0.6 is 0 Å². The lowest BCUT2D eigenvalue weighted by molar-refractivity contribution is -0.149. The van der Waals surface area contributed by atoms with Gasteiger partial charge in [0.15, 0.2) is 0 Å². The van der Waals surface area contributed by atoms with Crippen molar-refractivity contribution in [3.63, 3.8) is 0 Å². The molecule has 0 radical (unpaired) electrons. The Morgan fingerprint density at radius 2 is 1.85 bits per heavy atom. The van der Waals surface area contributed by atoms with E-state index in [4.69, 9.17) is 0 Å². The first kappa shape index (κ1) is 16.8. The Kier molecular flexibility index (Phi) is 5.84. The molecule has 1 heterocycles. The minimum Gasteiger partial charge on any atom is -0.481 e. The van der Waals surface area contributed by atoms with Crippen LogP contribution in [0.25, 0.3) is 0 Å². The average Bonchev–Trinajstić information content (AvgIpc) is 2.42. The molecular weight excluding hydrogens is 256 g/mol. The van der Waals surface area contributed by atoms with Gasteiger partial charge < -0.3 is 15.3 Å². The maximum Gasteiger partial charge on any atom is 0.317 e. The van der Waals surface area contributed by atoms with Crippen LogP contribution in [0.1, 0.15) is 53.4 Å². The number of hydrogen-bond donors (Lipinski definition) is 2. The molecule has 5 heteroatoms. The monoisotopic (exact) mass is 284 g/mol. The number of carbonyl (C=O) groups is 2. The summed E-state index contributed by atoms with van der Waals surface area (Å²) in [6, 6.07) is 0.102. The van der Waals surface area contributed by atoms with E-state index >= 15 is 0 Å². The van der Waals surface area contributed by atoms with Gasteiger partial charge in [0.05, 0.1) is 5.41 Å². The molecule has 0 aromatic rings. The quantitative estimate of drug-likeness (QED) is 0.815. The van der Waals surface area contributed by atoms with E-state index in [9.17, 15) is 14.7 Å². The second-order valence-corrected chi connectivity index (χ2v) is 6.14. The molecule has 2 amide bonds. The van der Waals surface area contributed by atoms with Gasteiger partial charge in [-0.05, 0) is 38.5 Å². The minimum atomic E-state index is -0.847. The SMILES string of the molecule is CCC(CC)(CNC(=O)N1CC(C)CCC1C)C(=O)O. The summed E-state index contributed by atoms with van der Waals surface area (Å²) in [5.41, 5.74) is -0.847. The molecule has 0 aliphatic carbocycles. The molecular formula is C15H28N2O3. The molecule has 1 aliphatic heterocycles. The highest BCUT2D eigenvalue weighted by Gasteiger charge is 2.36. The summed E-state index contributed by atoms with van der Waals surface area (Å²) < 4.78 is 0. The van der Waals surface area contributed by atoms with Gasteiger partial charge in [-0.2, -0.15) is 0 Å². The van der Waals surface area contributed by atoms with E-state index < -0.39 is 11.4 Å². The van der Waals surface area contributed by atoms with Crippen molar-refractivity contribution in [3.05, 3.63) is 0 Å². The molecule has 5 nitrogen and oxygen atoms in total. The first-order valence-electron chi connectivity index (χ1n) is 7.64. The third-order valence-electron chi connectivity index (χ3n) is 4.76. The van der Waals surface area contributed by atoms with Gasteiger partial charge in [-0.1, -0.05) is 20.8 Å². The van der Waals surface area contributed by atoms with Gasteiger partial charge in [-0.15, -0.1) is 0 Å². The summed E-state index contributed by atoms with van der Waals surface area (Å²) in [6.45, 7) is 8.86. The van der Waals surface area contributed by atoms with Crippen molar-refractivity contribution in [2.24, 2.45) is 11.3 Å². The second-order valence-electron chi connectivity index (χ2n) is 6.14. The zero-order valence-corrected chi connectivity index (χ0v) is 13.1. The fourth-order valence-corrected chi connectivity index (χ4v) is 2.80. The molecule has 0 spiro atoms. The zero-order chi connectivity index (χ0) is 15.3. The van der Waals surface area contributed by atoms with E-state index in [1.54, 1.807) is 0 Å². The Balaban J connectivity index is 2.63. The van der Waals surface area contributed by atoms with E-state index in [0.29, 0.717) is 18.8 Å². The number of aliphatic carboxylic acids is 1. The number of carbonyl (C=O) groups excluding carboxylic acids is 1. The van der Waals surface area contributed by atoms with Crippen LogP contribution in [-0.4, -0.2) is 41.1 Å². The van der Waals surface area contributed by atoms with Crippen LogP contribution in [0.3, 0.4) is 0 Å². The van der Waals surface area contributed by atoms with Crippen molar-refractivity contribution in [2.45, 2.75) is 59.4 Å². The summed E-state index contributed by atoms with van der Waals surface area (Å²) in [5, 5.41) is 12.2. The molecule has 0 saturated carbocycles. The van der Waals surface area contributed by atoms with Crippen LogP contribution in [0.2, 0.25) is 0 Å². The van der Waals surface area contributed by atoms with E-state index in [1.165, 1.54) is 0 Å². The molecule has 0 bridgehead atoms. The highest BCUT2D eigenvalue weighted by molar-refractivity contribution is 5.78. The number of urea groups is 1. The molecule has 2 unspecified atom stereocenters. The van der Waals surface area contributed by atoms with Crippen molar-refractivity contribution in [3.8, 4) is 0 Å². The molecule has 2 atom stereocenters. The lowest BCUT2D eigenvalue weighted by Crippen LogP contribution is -2.52. The molecule has 116 valence electrons.